The minimum absolute atomic E-state index is 0.414. The zero-order chi connectivity index (χ0) is 16.8. The molecule has 0 bridgehead atoms. The monoisotopic (exact) mass is 326 g/mol. The van der Waals surface area contributed by atoms with Crippen LogP contribution in [0.5, 0.6) is 0 Å². The van der Waals surface area contributed by atoms with Crippen LogP contribution >= 0.6 is 0 Å². The van der Waals surface area contributed by atoms with Crippen molar-refractivity contribution in [1.29, 1.82) is 0 Å². The molecule has 0 unspecified atom stereocenters. The van der Waals surface area contributed by atoms with Crippen LogP contribution in [0.25, 0.3) is 0 Å². The zero-order valence-electron chi connectivity index (χ0n) is 11.5. The van der Waals surface area contributed by atoms with Gasteiger partial charge in [0.2, 0.25) is 0 Å². The number of benzene rings is 2. The van der Waals surface area contributed by atoms with Crippen molar-refractivity contribution in [3.05, 3.63) is 65.2 Å². The lowest BCUT2D eigenvalue weighted by molar-refractivity contribution is -0.120. The molecule has 0 saturated heterocycles. The van der Waals surface area contributed by atoms with Crippen LogP contribution in [-0.4, -0.2) is 18.7 Å². The maximum absolute atomic E-state index is 13.3. The van der Waals surface area contributed by atoms with Gasteiger partial charge in [-0.05, 0) is 29.8 Å². The Morgan fingerprint density at radius 1 is 1.13 bits per heavy atom. The van der Waals surface area contributed by atoms with Gasteiger partial charge in [-0.25, -0.2) is 17.6 Å². The summed E-state index contributed by atoms with van der Waals surface area (Å²) in [6.45, 7) is -0.593. The molecule has 8 heteroatoms. The molecule has 23 heavy (non-hydrogen) atoms. The summed E-state index contributed by atoms with van der Waals surface area (Å²) < 4.78 is 51.9. The SMILES string of the molecule is O=C(CO/N=C\c1cccc(F)c1)Nc1ccc(F)c(F)c1F. The molecule has 0 aliphatic heterocycles. The average Bonchev–Trinajstić information content (AvgIpc) is 2.52. The summed E-state index contributed by atoms with van der Waals surface area (Å²) in [6, 6.07) is 7.03. The summed E-state index contributed by atoms with van der Waals surface area (Å²) in [4.78, 5) is 16.1. The number of oxime groups is 1. The first kappa shape index (κ1) is 16.5. The predicted molar refractivity (Wildman–Crippen MR) is 74.9 cm³/mol. The molecular formula is C15H10F4N2O2. The Morgan fingerprint density at radius 3 is 2.65 bits per heavy atom. The molecule has 1 amide bonds. The van der Waals surface area contributed by atoms with E-state index < -0.39 is 41.5 Å². The first-order chi connectivity index (χ1) is 11.0. The molecule has 0 radical (unpaired) electrons. The molecular weight excluding hydrogens is 316 g/mol. The van der Waals surface area contributed by atoms with Crippen molar-refractivity contribution >= 4 is 17.8 Å². The van der Waals surface area contributed by atoms with E-state index in [1.54, 1.807) is 6.07 Å². The third kappa shape index (κ3) is 4.53. The Balaban J connectivity index is 1.87. The second-order valence-electron chi connectivity index (χ2n) is 4.33. The van der Waals surface area contributed by atoms with E-state index in [1.165, 1.54) is 24.4 Å². The van der Waals surface area contributed by atoms with E-state index in [1.807, 2.05) is 5.32 Å². The third-order valence-corrected chi connectivity index (χ3v) is 2.63. The number of hydrogen-bond donors (Lipinski definition) is 1. The van der Waals surface area contributed by atoms with E-state index in [2.05, 4.69) is 9.99 Å². The number of hydrogen-bond acceptors (Lipinski definition) is 3. The summed E-state index contributed by atoms with van der Waals surface area (Å²) in [6.07, 6.45) is 1.18. The molecule has 2 aromatic rings. The Bertz CT molecular complexity index is 750. The van der Waals surface area contributed by atoms with Crippen molar-refractivity contribution in [3.63, 3.8) is 0 Å². The van der Waals surface area contributed by atoms with Gasteiger partial charge in [0.05, 0.1) is 11.9 Å². The quantitative estimate of drug-likeness (QED) is 0.397. The van der Waals surface area contributed by atoms with Crippen molar-refractivity contribution < 1.29 is 27.2 Å². The Morgan fingerprint density at radius 2 is 1.91 bits per heavy atom. The fourth-order valence-corrected chi connectivity index (χ4v) is 1.59. The maximum Gasteiger partial charge on any atom is 0.265 e. The van der Waals surface area contributed by atoms with Crippen LogP contribution in [0, 0.1) is 23.3 Å². The summed E-state index contributed by atoms with van der Waals surface area (Å²) in [7, 11) is 0. The van der Waals surface area contributed by atoms with Gasteiger partial charge in [-0.3, -0.25) is 4.79 Å². The molecule has 0 aromatic heterocycles. The number of halogens is 4. The first-order valence-electron chi connectivity index (χ1n) is 6.31. The second kappa shape index (κ2) is 7.39. The predicted octanol–water partition coefficient (Wildman–Crippen LogP) is 3.23. The lowest BCUT2D eigenvalue weighted by atomic mass is 10.2. The molecule has 4 nitrogen and oxygen atoms in total. The molecule has 0 aliphatic carbocycles. The Hall–Kier alpha value is -2.90. The van der Waals surface area contributed by atoms with E-state index >= 15 is 0 Å². The Labute approximate surface area is 128 Å². The van der Waals surface area contributed by atoms with Crippen LogP contribution in [0.3, 0.4) is 0 Å². The summed E-state index contributed by atoms with van der Waals surface area (Å²) in [5.74, 6) is -5.85. The van der Waals surface area contributed by atoms with E-state index in [0.29, 0.717) is 11.6 Å². The van der Waals surface area contributed by atoms with E-state index in [-0.39, 0.29) is 0 Å². The van der Waals surface area contributed by atoms with Gasteiger partial charge in [-0.15, -0.1) is 0 Å². The minimum Gasteiger partial charge on any atom is -0.386 e. The first-order valence-corrected chi connectivity index (χ1v) is 6.31. The van der Waals surface area contributed by atoms with Crippen LogP contribution < -0.4 is 5.32 Å². The lowest BCUT2D eigenvalue weighted by Gasteiger charge is -2.06. The summed E-state index contributed by atoms with van der Waals surface area (Å²) in [5.41, 5.74) is -0.108. The molecule has 0 aliphatic rings. The number of rotatable bonds is 5. The standard InChI is InChI=1S/C15H10F4N2O2/c16-10-3-1-2-9(6-10)7-20-23-8-13(22)21-12-5-4-11(17)14(18)15(12)19/h1-7H,8H2,(H,21,22)/b20-7-. The van der Waals surface area contributed by atoms with Crippen molar-refractivity contribution in [1.82, 2.24) is 0 Å². The van der Waals surface area contributed by atoms with Crippen LogP contribution in [0.2, 0.25) is 0 Å². The highest BCUT2D eigenvalue weighted by molar-refractivity contribution is 5.91. The number of amides is 1. The highest BCUT2D eigenvalue weighted by Gasteiger charge is 2.15. The van der Waals surface area contributed by atoms with Gasteiger partial charge >= 0.3 is 0 Å². The van der Waals surface area contributed by atoms with Crippen LogP contribution in [-0.2, 0) is 9.63 Å². The number of nitrogens with zero attached hydrogens (tertiary/aromatic N) is 1. The van der Waals surface area contributed by atoms with E-state index in [0.717, 1.165) is 6.07 Å². The molecule has 120 valence electrons. The van der Waals surface area contributed by atoms with Gasteiger partial charge in [0.1, 0.15) is 5.82 Å². The number of carbonyl (C=O) groups is 1. The van der Waals surface area contributed by atoms with Crippen LogP contribution in [0.4, 0.5) is 23.2 Å². The molecule has 0 heterocycles. The highest BCUT2D eigenvalue weighted by Crippen LogP contribution is 2.19. The maximum atomic E-state index is 13.3. The summed E-state index contributed by atoms with van der Waals surface area (Å²) in [5, 5.41) is 5.44. The van der Waals surface area contributed by atoms with E-state index in [4.69, 9.17) is 0 Å². The van der Waals surface area contributed by atoms with Gasteiger partial charge in [0, 0.05) is 0 Å². The van der Waals surface area contributed by atoms with Crippen LogP contribution in [0.1, 0.15) is 5.56 Å². The smallest absolute Gasteiger partial charge is 0.265 e. The molecule has 0 saturated carbocycles. The minimum atomic E-state index is -1.69. The zero-order valence-corrected chi connectivity index (χ0v) is 11.5. The van der Waals surface area contributed by atoms with Crippen molar-refractivity contribution in [2.24, 2.45) is 5.16 Å². The van der Waals surface area contributed by atoms with Crippen molar-refractivity contribution in [2.75, 3.05) is 11.9 Å². The molecule has 2 rings (SSSR count). The van der Waals surface area contributed by atoms with Gasteiger partial charge in [0.25, 0.3) is 5.91 Å². The van der Waals surface area contributed by atoms with Gasteiger partial charge in [-0.2, -0.15) is 0 Å². The molecule has 0 spiro atoms. The number of carbonyl (C=O) groups excluding carboxylic acids is 1. The van der Waals surface area contributed by atoms with Crippen molar-refractivity contribution in [3.8, 4) is 0 Å². The number of anilines is 1. The second-order valence-corrected chi connectivity index (χ2v) is 4.33. The van der Waals surface area contributed by atoms with Crippen LogP contribution in [0.15, 0.2) is 41.6 Å². The molecule has 2 aromatic carbocycles. The van der Waals surface area contributed by atoms with E-state index in [9.17, 15) is 22.4 Å². The average molecular weight is 326 g/mol. The fourth-order valence-electron chi connectivity index (χ4n) is 1.59. The number of nitrogens with one attached hydrogen (secondary N) is 1. The molecule has 1 N–H and O–H groups in total. The lowest BCUT2D eigenvalue weighted by Crippen LogP contribution is -2.18. The summed E-state index contributed by atoms with van der Waals surface area (Å²) >= 11 is 0. The van der Waals surface area contributed by atoms with Gasteiger partial charge in [-0.1, -0.05) is 17.3 Å². The molecule has 0 atom stereocenters. The fraction of sp³-hybridized carbons (Fsp3) is 0.0667. The Kier molecular flexibility index (Phi) is 5.29. The highest BCUT2D eigenvalue weighted by atomic mass is 19.2. The van der Waals surface area contributed by atoms with Gasteiger partial charge < -0.3 is 10.2 Å². The third-order valence-electron chi connectivity index (χ3n) is 2.63. The molecule has 0 fully saturated rings. The largest absolute Gasteiger partial charge is 0.386 e. The topological polar surface area (TPSA) is 50.7 Å². The van der Waals surface area contributed by atoms with Crippen molar-refractivity contribution in [2.45, 2.75) is 0 Å². The van der Waals surface area contributed by atoms with Gasteiger partial charge in [0.15, 0.2) is 24.1 Å². The normalized spacial score (nSPS) is 10.8.